The molecule has 0 saturated carbocycles. The normalized spacial score (nSPS) is 16.0. The number of benzene rings is 1. The van der Waals surface area contributed by atoms with Gasteiger partial charge in [0.05, 0.1) is 3.57 Å². The highest BCUT2D eigenvalue weighted by Gasteiger charge is 2.23. The van der Waals surface area contributed by atoms with Gasteiger partial charge < -0.3 is 15.0 Å². The first kappa shape index (κ1) is 21.1. The fourth-order valence-electron chi connectivity index (χ4n) is 2.50. The molecule has 0 unspecified atom stereocenters. The molecule has 2 rings (SSSR count). The maximum Gasteiger partial charge on any atom is 0.193 e. The third-order valence-corrected chi connectivity index (χ3v) is 5.18. The number of aliphatic imine (C=N–C) groups is 1. The average molecular weight is 561 g/mol. The van der Waals surface area contributed by atoms with Crippen LogP contribution in [0.25, 0.3) is 0 Å². The lowest BCUT2D eigenvalue weighted by molar-refractivity contribution is 0.128. The van der Waals surface area contributed by atoms with E-state index < -0.39 is 0 Å². The minimum atomic E-state index is 0. The number of halogens is 2. The Labute approximate surface area is 174 Å². The van der Waals surface area contributed by atoms with Gasteiger partial charge in [0.15, 0.2) is 5.96 Å². The maximum absolute atomic E-state index is 6.15. The molecule has 0 aliphatic carbocycles. The summed E-state index contributed by atoms with van der Waals surface area (Å²) in [6, 6.07) is 8.21. The van der Waals surface area contributed by atoms with Gasteiger partial charge in [-0.05, 0) is 41.0 Å². The molecular weight excluding hydrogens is 536 g/mol. The number of rotatable bonds is 5. The summed E-state index contributed by atoms with van der Waals surface area (Å²) in [5, 5.41) is 3.43. The van der Waals surface area contributed by atoms with Gasteiger partial charge in [0, 0.05) is 45.3 Å². The van der Waals surface area contributed by atoms with E-state index in [0.29, 0.717) is 6.10 Å². The van der Waals surface area contributed by atoms with Crippen LogP contribution in [0.2, 0.25) is 0 Å². The first-order valence-electron chi connectivity index (χ1n) is 7.60. The van der Waals surface area contributed by atoms with Gasteiger partial charge in [-0.15, -0.1) is 24.0 Å². The molecule has 0 spiro atoms. The van der Waals surface area contributed by atoms with Gasteiger partial charge in [-0.25, -0.2) is 0 Å². The minimum absolute atomic E-state index is 0. The molecule has 0 aromatic heterocycles. The second-order valence-electron chi connectivity index (χ2n) is 5.20. The third-order valence-electron chi connectivity index (χ3n) is 3.67. The summed E-state index contributed by atoms with van der Waals surface area (Å²) in [5.74, 6) is 3.12. The molecule has 23 heavy (non-hydrogen) atoms. The Kier molecular flexibility index (Phi) is 10.7. The molecule has 1 heterocycles. The third kappa shape index (κ3) is 6.85. The molecule has 4 nitrogen and oxygen atoms in total. The quantitative estimate of drug-likeness (QED) is 0.258. The number of piperidine rings is 1. The van der Waals surface area contributed by atoms with Crippen LogP contribution in [0.15, 0.2) is 29.3 Å². The fraction of sp³-hybridized carbons (Fsp3) is 0.562. The van der Waals surface area contributed by atoms with Crippen molar-refractivity contribution in [1.82, 2.24) is 10.2 Å². The van der Waals surface area contributed by atoms with Crippen LogP contribution in [0.1, 0.15) is 12.8 Å². The van der Waals surface area contributed by atoms with Crippen molar-refractivity contribution in [2.75, 3.05) is 38.7 Å². The molecule has 0 bridgehead atoms. The summed E-state index contributed by atoms with van der Waals surface area (Å²) in [4.78, 5) is 6.72. The van der Waals surface area contributed by atoms with Gasteiger partial charge in [-0.1, -0.05) is 12.1 Å². The number of thioether (sulfide) groups is 1. The van der Waals surface area contributed by atoms with Gasteiger partial charge in [0.25, 0.3) is 0 Å². The van der Waals surface area contributed by atoms with Crippen molar-refractivity contribution in [2.24, 2.45) is 4.99 Å². The van der Waals surface area contributed by atoms with Crippen LogP contribution >= 0.6 is 58.3 Å². The molecule has 1 aromatic carbocycles. The topological polar surface area (TPSA) is 36.9 Å². The molecule has 7 heteroatoms. The summed E-state index contributed by atoms with van der Waals surface area (Å²) in [6.07, 6.45) is 4.50. The largest absolute Gasteiger partial charge is 0.489 e. The van der Waals surface area contributed by atoms with Gasteiger partial charge in [-0.3, -0.25) is 4.99 Å². The molecule has 0 atom stereocenters. The molecular formula is C16H25I2N3OS. The van der Waals surface area contributed by atoms with Crippen molar-refractivity contribution in [2.45, 2.75) is 18.9 Å². The molecule has 0 radical (unpaired) electrons. The van der Waals surface area contributed by atoms with E-state index in [1.54, 1.807) is 0 Å². The number of likely N-dealkylation sites (tertiary alicyclic amines) is 1. The highest BCUT2D eigenvalue weighted by Crippen LogP contribution is 2.24. The Morgan fingerprint density at radius 2 is 2.09 bits per heavy atom. The molecule has 0 amide bonds. The zero-order valence-corrected chi connectivity index (χ0v) is 18.9. The lowest BCUT2D eigenvalue weighted by Crippen LogP contribution is -2.48. The summed E-state index contributed by atoms with van der Waals surface area (Å²) >= 11 is 4.18. The van der Waals surface area contributed by atoms with Crippen LogP contribution in [0.5, 0.6) is 5.75 Å². The fourth-order valence-corrected chi connectivity index (χ4v) is 3.32. The van der Waals surface area contributed by atoms with Crippen LogP contribution < -0.4 is 10.1 Å². The standard InChI is InChI=1S/C16H24IN3OS.HI/c1-18-16(19-9-12-22-2)20-10-7-13(8-11-20)21-15-6-4-3-5-14(15)17;/h3-6,13H,7-12H2,1-2H3,(H,18,19);1H. The van der Waals surface area contributed by atoms with Crippen molar-refractivity contribution in [3.63, 3.8) is 0 Å². The van der Waals surface area contributed by atoms with Gasteiger partial charge in [0.2, 0.25) is 0 Å². The van der Waals surface area contributed by atoms with Crippen molar-refractivity contribution in [3.8, 4) is 5.75 Å². The van der Waals surface area contributed by atoms with Crippen LogP contribution in [-0.4, -0.2) is 55.7 Å². The smallest absolute Gasteiger partial charge is 0.193 e. The van der Waals surface area contributed by atoms with E-state index in [4.69, 9.17) is 4.74 Å². The van der Waals surface area contributed by atoms with E-state index in [1.165, 1.54) is 3.57 Å². The number of hydrogen-bond donors (Lipinski definition) is 1. The predicted molar refractivity (Wildman–Crippen MR) is 120 cm³/mol. The van der Waals surface area contributed by atoms with Crippen molar-refractivity contribution in [1.29, 1.82) is 0 Å². The zero-order chi connectivity index (χ0) is 15.8. The van der Waals surface area contributed by atoms with Crippen molar-refractivity contribution < 1.29 is 4.74 Å². The van der Waals surface area contributed by atoms with Crippen LogP contribution in [-0.2, 0) is 0 Å². The first-order valence-corrected chi connectivity index (χ1v) is 10.1. The van der Waals surface area contributed by atoms with Crippen molar-refractivity contribution in [3.05, 3.63) is 27.8 Å². The lowest BCUT2D eigenvalue weighted by atomic mass is 10.1. The van der Waals surface area contributed by atoms with E-state index in [2.05, 4.69) is 56.2 Å². The lowest BCUT2D eigenvalue weighted by Gasteiger charge is -2.34. The Bertz CT molecular complexity index is 494. The number of nitrogens with one attached hydrogen (secondary N) is 1. The van der Waals surface area contributed by atoms with E-state index in [-0.39, 0.29) is 24.0 Å². The molecule has 1 saturated heterocycles. The Morgan fingerprint density at radius 3 is 2.70 bits per heavy atom. The maximum atomic E-state index is 6.15. The summed E-state index contributed by atoms with van der Waals surface area (Å²) < 4.78 is 7.33. The molecule has 1 N–H and O–H groups in total. The van der Waals surface area contributed by atoms with Crippen LogP contribution in [0, 0.1) is 3.57 Å². The van der Waals surface area contributed by atoms with Gasteiger partial charge in [0.1, 0.15) is 11.9 Å². The van der Waals surface area contributed by atoms with E-state index in [9.17, 15) is 0 Å². The average Bonchev–Trinajstić information content (AvgIpc) is 2.55. The molecule has 1 aliphatic heterocycles. The molecule has 130 valence electrons. The number of ether oxygens (including phenoxy) is 1. The van der Waals surface area contributed by atoms with Gasteiger partial charge >= 0.3 is 0 Å². The Hall–Kier alpha value is 0.100. The molecule has 1 fully saturated rings. The van der Waals surface area contributed by atoms with E-state index >= 15 is 0 Å². The number of para-hydroxylation sites is 1. The second-order valence-corrected chi connectivity index (χ2v) is 7.35. The minimum Gasteiger partial charge on any atom is -0.489 e. The summed E-state index contributed by atoms with van der Waals surface area (Å²) in [5.41, 5.74) is 0. The second kappa shape index (κ2) is 11.6. The first-order chi connectivity index (χ1) is 10.7. The summed E-state index contributed by atoms with van der Waals surface area (Å²) in [7, 11) is 1.86. The Balaban J connectivity index is 0.00000264. The number of nitrogens with zero attached hydrogens (tertiary/aromatic N) is 2. The highest BCUT2D eigenvalue weighted by molar-refractivity contribution is 14.1. The zero-order valence-electron chi connectivity index (χ0n) is 13.6. The van der Waals surface area contributed by atoms with Crippen LogP contribution in [0.4, 0.5) is 0 Å². The van der Waals surface area contributed by atoms with E-state index in [0.717, 1.165) is 49.9 Å². The number of hydrogen-bond acceptors (Lipinski definition) is 3. The number of guanidine groups is 1. The summed E-state index contributed by atoms with van der Waals surface area (Å²) in [6.45, 7) is 2.95. The highest BCUT2D eigenvalue weighted by atomic mass is 127. The molecule has 1 aliphatic rings. The SMILES string of the molecule is CN=C(NCCSC)N1CCC(Oc2ccccc2I)CC1.I. The Morgan fingerprint density at radius 1 is 1.39 bits per heavy atom. The molecule has 1 aromatic rings. The van der Waals surface area contributed by atoms with Crippen LogP contribution in [0.3, 0.4) is 0 Å². The van der Waals surface area contributed by atoms with Crippen molar-refractivity contribution >= 4 is 64.3 Å². The predicted octanol–water partition coefficient (Wildman–Crippen LogP) is 3.69. The van der Waals surface area contributed by atoms with Gasteiger partial charge in [-0.2, -0.15) is 11.8 Å². The monoisotopic (exact) mass is 561 g/mol. The van der Waals surface area contributed by atoms with E-state index in [1.807, 2.05) is 30.9 Å².